The standard InChI is InChI=1S/C11H12FNO4/c1-13(2)10(14)6-17-9-4-3-7(12)5-8(9)11(15)16/h3-5H,6H2,1-2H3,(H,15,16). The second-order valence-electron chi connectivity index (χ2n) is 3.52. The molecule has 0 aliphatic rings. The Morgan fingerprint density at radius 3 is 2.59 bits per heavy atom. The van der Waals surface area contributed by atoms with Crippen molar-refractivity contribution in [3.63, 3.8) is 0 Å². The van der Waals surface area contributed by atoms with Crippen LogP contribution >= 0.6 is 0 Å². The van der Waals surface area contributed by atoms with Crippen LogP contribution in [0, 0.1) is 5.82 Å². The number of carbonyl (C=O) groups is 2. The molecular formula is C11H12FNO4. The SMILES string of the molecule is CN(C)C(=O)COc1ccc(F)cc1C(=O)O. The van der Waals surface area contributed by atoms with Gasteiger partial charge in [-0.1, -0.05) is 0 Å². The summed E-state index contributed by atoms with van der Waals surface area (Å²) in [5, 5.41) is 8.82. The van der Waals surface area contributed by atoms with E-state index in [1.807, 2.05) is 0 Å². The molecule has 0 aromatic heterocycles. The fourth-order valence-corrected chi connectivity index (χ4v) is 1.06. The number of hydrogen-bond donors (Lipinski definition) is 1. The Balaban J connectivity index is 2.84. The van der Waals surface area contributed by atoms with Crippen LogP contribution in [0.1, 0.15) is 10.4 Å². The van der Waals surface area contributed by atoms with Crippen molar-refractivity contribution in [2.24, 2.45) is 0 Å². The third-order valence-electron chi connectivity index (χ3n) is 2.02. The van der Waals surface area contributed by atoms with E-state index in [1.54, 1.807) is 14.1 Å². The van der Waals surface area contributed by atoms with Gasteiger partial charge in [0, 0.05) is 14.1 Å². The minimum atomic E-state index is -1.31. The molecule has 0 atom stereocenters. The predicted molar refractivity (Wildman–Crippen MR) is 57.5 cm³/mol. The fraction of sp³-hybridized carbons (Fsp3) is 0.273. The van der Waals surface area contributed by atoms with Crippen LogP contribution in [0.15, 0.2) is 18.2 Å². The summed E-state index contributed by atoms with van der Waals surface area (Å²) in [6, 6.07) is 3.10. The number of ether oxygens (including phenoxy) is 1. The minimum Gasteiger partial charge on any atom is -0.483 e. The molecule has 0 spiro atoms. The van der Waals surface area contributed by atoms with Crippen LogP contribution in [0.25, 0.3) is 0 Å². The average Bonchev–Trinajstić information content (AvgIpc) is 2.26. The van der Waals surface area contributed by atoms with Crippen LogP contribution in [0.3, 0.4) is 0 Å². The Morgan fingerprint density at radius 2 is 2.06 bits per heavy atom. The zero-order valence-corrected chi connectivity index (χ0v) is 9.44. The summed E-state index contributed by atoms with van der Waals surface area (Å²) in [7, 11) is 3.10. The minimum absolute atomic E-state index is 0.0332. The Bertz CT molecular complexity index is 445. The summed E-state index contributed by atoms with van der Waals surface area (Å²) >= 11 is 0. The van der Waals surface area contributed by atoms with E-state index in [2.05, 4.69) is 0 Å². The molecule has 0 saturated carbocycles. The van der Waals surface area contributed by atoms with Gasteiger partial charge in [0.2, 0.25) is 0 Å². The lowest BCUT2D eigenvalue weighted by Crippen LogP contribution is -2.27. The molecule has 5 nitrogen and oxygen atoms in total. The second-order valence-corrected chi connectivity index (χ2v) is 3.52. The molecule has 0 heterocycles. The van der Waals surface area contributed by atoms with Gasteiger partial charge in [0.15, 0.2) is 6.61 Å². The Kier molecular flexibility index (Phi) is 4.03. The molecule has 1 rings (SSSR count). The van der Waals surface area contributed by atoms with E-state index in [-0.39, 0.29) is 23.8 Å². The zero-order chi connectivity index (χ0) is 13.0. The highest BCUT2D eigenvalue weighted by atomic mass is 19.1. The van der Waals surface area contributed by atoms with Crippen molar-refractivity contribution in [1.29, 1.82) is 0 Å². The fourth-order valence-electron chi connectivity index (χ4n) is 1.06. The van der Waals surface area contributed by atoms with Crippen LogP contribution < -0.4 is 4.74 Å². The molecule has 0 unspecified atom stereocenters. The Hall–Kier alpha value is -2.11. The third kappa shape index (κ3) is 3.44. The van der Waals surface area contributed by atoms with Crippen molar-refractivity contribution < 1.29 is 23.8 Å². The van der Waals surface area contributed by atoms with Crippen LogP contribution in [-0.4, -0.2) is 42.6 Å². The third-order valence-corrected chi connectivity index (χ3v) is 2.02. The molecule has 17 heavy (non-hydrogen) atoms. The van der Waals surface area contributed by atoms with Crippen molar-refractivity contribution in [3.05, 3.63) is 29.6 Å². The van der Waals surface area contributed by atoms with Gasteiger partial charge in [-0.2, -0.15) is 0 Å². The van der Waals surface area contributed by atoms with Gasteiger partial charge in [0.05, 0.1) is 0 Å². The van der Waals surface area contributed by atoms with Gasteiger partial charge in [-0.3, -0.25) is 4.79 Å². The lowest BCUT2D eigenvalue weighted by Gasteiger charge is -2.12. The molecule has 0 saturated heterocycles. The van der Waals surface area contributed by atoms with E-state index in [0.717, 1.165) is 12.1 Å². The quantitative estimate of drug-likeness (QED) is 0.853. The highest BCUT2D eigenvalue weighted by Crippen LogP contribution is 2.19. The highest BCUT2D eigenvalue weighted by molar-refractivity contribution is 5.91. The summed E-state index contributed by atoms with van der Waals surface area (Å²) in [5.41, 5.74) is -0.309. The molecule has 1 aromatic carbocycles. The second kappa shape index (κ2) is 5.29. The molecule has 1 amide bonds. The van der Waals surface area contributed by atoms with Gasteiger partial charge >= 0.3 is 5.97 Å². The number of likely N-dealkylation sites (N-methyl/N-ethyl adjacent to an activating group) is 1. The number of carboxylic acid groups (broad SMARTS) is 1. The molecule has 0 bridgehead atoms. The first-order chi connectivity index (χ1) is 7.91. The number of carbonyl (C=O) groups excluding carboxylic acids is 1. The van der Waals surface area contributed by atoms with Gasteiger partial charge in [0.25, 0.3) is 5.91 Å². The summed E-state index contributed by atoms with van der Waals surface area (Å²) < 4.78 is 17.9. The van der Waals surface area contributed by atoms with E-state index in [9.17, 15) is 14.0 Å². The van der Waals surface area contributed by atoms with Gasteiger partial charge < -0.3 is 14.7 Å². The topological polar surface area (TPSA) is 66.8 Å². The number of halogens is 1. The van der Waals surface area contributed by atoms with Crippen LogP contribution in [0.4, 0.5) is 4.39 Å². The predicted octanol–water partition coefficient (Wildman–Crippen LogP) is 0.991. The Labute approximate surface area is 97.4 Å². The van der Waals surface area contributed by atoms with E-state index in [1.165, 1.54) is 11.0 Å². The maximum Gasteiger partial charge on any atom is 0.339 e. The molecule has 1 aromatic rings. The van der Waals surface area contributed by atoms with Crippen molar-refractivity contribution in [2.45, 2.75) is 0 Å². The lowest BCUT2D eigenvalue weighted by molar-refractivity contribution is -0.130. The molecule has 0 fully saturated rings. The average molecular weight is 241 g/mol. The van der Waals surface area contributed by atoms with Crippen molar-refractivity contribution in [1.82, 2.24) is 4.90 Å². The number of aromatic carboxylic acids is 1. The van der Waals surface area contributed by atoms with Crippen molar-refractivity contribution >= 4 is 11.9 Å². The summed E-state index contributed by atoms with van der Waals surface area (Å²) in [6.07, 6.45) is 0. The largest absolute Gasteiger partial charge is 0.483 e. The number of amides is 1. The summed E-state index contributed by atoms with van der Waals surface area (Å²) in [4.78, 5) is 23.4. The monoisotopic (exact) mass is 241 g/mol. The number of rotatable bonds is 4. The molecule has 1 N–H and O–H groups in total. The smallest absolute Gasteiger partial charge is 0.339 e. The van der Waals surface area contributed by atoms with Gasteiger partial charge in [-0.25, -0.2) is 9.18 Å². The van der Waals surface area contributed by atoms with E-state index in [4.69, 9.17) is 9.84 Å². The number of nitrogens with zero attached hydrogens (tertiary/aromatic N) is 1. The summed E-state index contributed by atoms with van der Waals surface area (Å²) in [6.45, 7) is -0.293. The molecule has 0 aliphatic carbocycles. The zero-order valence-electron chi connectivity index (χ0n) is 9.44. The van der Waals surface area contributed by atoms with Crippen LogP contribution in [0.5, 0.6) is 5.75 Å². The first-order valence-electron chi connectivity index (χ1n) is 4.77. The molecule has 0 radical (unpaired) electrons. The molecule has 6 heteroatoms. The van der Waals surface area contributed by atoms with Gasteiger partial charge in [0.1, 0.15) is 17.1 Å². The number of benzene rings is 1. The highest BCUT2D eigenvalue weighted by Gasteiger charge is 2.14. The molecule has 0 aliphatic heterocycles. The van der Waals surface area contributed by atoms with Crippen molar-refractivity contribution in [3.8, 4) is 5.75 Å². The first kappa shape index (κ1) is 13.0. The lowest BCUT2D eigenvalue weighted by atomic mass is 10.2. The first-order valence-corrected chi connectivity index (χ1v) is 4.77. The van der Waals surface area contributed by atoms with E-state index in [0.29, 0.717) is 0 Å². The summed E-state index contributed by atoms with van der Waals surface area (Å²) in [5.74, 6) is -2.33. The number of hydrogen-bond acceptors (Lipinski definition) is 3. The van der Waals surface area contributed by atoms with Gasteiger partial charge in [-0.15, -0.1) is 0 Å². The molecular weight excluding hydrogens is 229 g/mol. The maximum absolute atomic E-state index is 12.8. The Morgan fingerprint density at radius 1 is 1.41 bits per heavy atom. The van der Waals surface area contributed by atoms with Crippen LogP contribution in [0.2, 0.25) is 0 Å². The van der Waals surface area contributed by atoms with E-state index < -0.39 is 11.8 Å². The molecule has 92 valence electrons. The van der Waals surface area contributed by atoms with Crippen LogP contribution in [-0.2, 0) is 4.79 Å². The van der Waals surface area contributed by atoms with E-state index >= 15 is 0 Å². The van der Waals surface area contributed by atoms with Crippen molar-refractivity contribution in [2.75, 3.05) is 20.7 Å². The van der Waals surface area contributed by atoms with Gasteiger partial charge in [-0.05, 0) is 18.2 Å². The number of carboxylic acids is 1. The maximum atomic E-state index is 12.8. The normalized spacial score (nSPS) is 9.82.